The van der Waals surface area contributed by atoms with Crippen LogP contribution in [0.3, 0.4) is 0 Å². The highest BCUT2D eigenvalue weighted by molar-refractivity contribution is 5.69. The number of unbranched alkanes of at least 4 members (excludes halogenated alkanes) is 2. The highest BCUT2D eigenvalue weighted by Crippen LogP contribution is 1.99. The average molecular weight is 168 g/mol. The number of esters is 1. The molecule has 0 saturated carbocycles. The summed E-state index contributed by atoms with van der Waals surface area (Å²) in [4.78, 5) is 10.9. The second kappa shape index (κ2) is 8.13. The molecule has 0 amide bonds. The standard InChI is InChI=1S/C10H16O2/c1-3-5-7-8-10(11)12-9-6-4-2/h3,5,7-9H2,1-2H3. The summed E-state index contributed by atoms with van der Waals surface area (Å²) in [6, 6.07) is 0. The molecule has 0 aromatic carbocycles. The number of rotatable bonds is 5. The lowest BCUT2D eigenvalue weighted by atomic mass is 10.2. The summed E-state index contributed by atoms with van der Waals surface area (Å²) in [5, 5.41) is 0. The molecule has 0 rings (SSSR count). The minimum atomic E-state index is -0.133. The zero-order valence-corrected chi connectivity index (χ0v) is 7.85. The third kappa shape index (κ3) is 7.14. The van der Waals surface area contributed by atoms with Crippen molar-refractivity contribution in [2.75, 3.05) is 6.61 Å². The number of hydrogen-bond donors (Lipinski definition) is 0. The van der Waals surface area contributed by atoms with Gasteiger partial charge in [0.2, 0.25) is 0 Å². The summed E-state index contributed by atoms with van der Waals surface area (Å²) in [6.07, 6.45) is 3.67. The molecule has 0 heterocycles. The van der Waals surface area contributed by atoms with Gasteiger partial charge in [-0.05, 0) is 13.3 Å². The highest BCUT2D eigenvalue weighted by atomic mass is 16.5. The van der Waals surface area contributed by atoms with Gasteiger partial charge in [-0.2, -0.15) is 0 Å². The molecule has 0 saturated heterocycles. The molecule has 0 N–H and O–H groups in total. The van der Waals surface area contributed by atoms with Crippen molar-refractivity contribution >= 4 is 5.97 Å². The van der Waals surface area contributed by atoms with E-state index in [4.69, 9.17) is 4.74 Å². The number of ether oxygens (including phenoxy) is 1. The molecule has 0 atom stereocenters. The zero-order chi connectivity index (χ0) is 9.23. The molecule has 0 aliphatic heterocycles. The molecule has 0 aromatic heterocycles. The molecule has 68 valence electrons. The van der Waals surface area contributed by atoms with Crippen molar-refractivity contribution in [3.8, 4) is 11.8 Å². The smallest absolute Gasteiger partial charge is 0.306 e. The molecule has 0 unspecified atom stereocenters. The fourth-order valence-electron chi connectivity index (χ4n) is 0.780. The first kappa shape index (κ1) is 11.0. The molecule has 0 spiro atoms. The molecule has 0 bridgehead atoms. The van der Waals surface area contributed by atoms with Crippen LogP contribution in [-0.4, -0.2) is 12.6 Å². The third-order valence-electron chi connectivity index (χ3n) is 1.47. The maximum atomic E-state index is 10.9. The minimum absolute atomic E-state index is 0.133. The van der Waals surface area contributed by atoms with Gasteiger partial charge >= 0.3 is 5.97 Å². The molecule has 2 heteroatoms. The van der Waals surface area contributed by atoms with Crippen LogP contribution in [0.4, 0.5) is 0 Å². The van der Waals surface area contributed by atoms with Gasteiger partial charge in [-0.1, -0.05) is 25.7 Å². The second-order valence-corrected chi connectivity index (χ2v) is 2.54. The van der Waals surface area contributed by atoms with Crippen molar-refractivity contribution in [1.29, 1.82) is 0 Å². The van der Waals surface area contributed by atoms with Crippen LogP contribution in [0.25, 0.3) is 0 Å². The van der Waals surface area contributed by atoms with Crippen LogP contribution in [0.15, 0.2) is 0 Å². The summed E-state index contributed by atoms with van der Waals surface area (Å²) in [7, 11) is 0. The van der Waals surface area contributed by atoms with Gasteiger partial charge in [-0.3, -0.25) is 4.79 Å². The van der Waals surface area contributed by atoms with E-state index in [1.807, 2.05) is 0 Å². The van der Waals surface area contributed by atoms with Crippen molar-refractivity contribution in [3.63, 3.8) is 0 Å². The lowest BCUT2D eigenvalue weighted by Gasteiger charge is -1.98. The monoisotopic (exact) mass is 168 g/mol. The van der Waals surface area contributed by atoms with Gasteiger partial charge in [0, 0.05) is 6.42 Å². The Kier molecular flexibility index (Phi) is 7.47. The Hall–Kier alpha value is -0.970. The van der Waals surface area contributed by atoms with Crippen LogP contribution in [0, 0.1) is 11.8 Å². The Morgan fingerprint density at radius 2 is 2.17 bits per heavy atom. The van der Waals surface area contributed by atoms with Crippen LogP contribution < -0.4 is 0 Å². The van der Waals surface area contributed by atoms with Crippen LogP contribution >= 0.6 is 0 Å². The Bertz CT molecular complexity index is 174. The fourth-order valence-corrected chi connectivity index (χ4v) is 0.780. The summed E-state index contributed by atoms with van der Waals surface area (Å²) < 4.78 is 4.82. The Morgan fingerprint density at radius 1 is 1.42 bits per heavy atom. The highest BCUT2D eigenvalue weighted by Gasteiger charge is 1.99. The average Bonchev–Trinajstić information content (AvgIpc) is 2.06. The SMILES string of the molecule is CC#CCOC(=O)CCCCC. The summed E-state index contributed by atoms with van der Waals surface area (Å²) in [6.45, 7) is 4.07. The van der Waals surface area contributed by atoms with Crippen molar-refractivity contribution < 1.29 is 9.53 Å². The first-order valence-electron chi connectivity index (χ1n) is 4.36. The van der Waals surface area contributed by atoms with E-state index in [1.54, 1.807) is 6.92 Å². The van der Waals surface area contributed by atoms with E-state index in [1.165, 1.54) is 0 Å². The quantitative estimate of drug-likeness (QED) is 0.357. The summed E-state index contributed by atoms with van der Waals surface area (Å²) in [5.41, 5.74) is 0. The molecule has 0 aromatic rings. The molecular weight excluding hydrogens is 152 g/mol. The summed E-state index contributed by atoms with van der Waals surface area (Å²) in [5.74, 6) is 5.21. The van der Waals surface area contributed by atoms with Crippen molar-refractivity contribution in [1.82, 2.24) is 0 Å². The summed E-state index contributed by atoms with van der Waals surface area (Å²) >= 11 is 0. The van der Waals surface area contributed by atoms with E-state index < -0.39 is 0 Å². The normalized spacial score (nSPS) is 8.50. The fraction of sp³-hybridized carbons (Fsp3) is 0.700. The second-order valence-electron chi connectivity index (χ2n) is 2.54. The predicted molar refractivity (Wildman–Crippen MR) is 48.6 cm³/mol. The predicted octanol–water partition coefficient (Wildman–Crippen LogP) is 2.13. The maximum Gasteiger partial charge on any atom is 0.306 e. The van der Waals surface area contributed by atoms with Gasteiger partial charge in [-0.15, -0.1) is 5.92 Å². The lowest BCUT2D eigenvalue weighted by molar-refractivity contribution is -0.142. The van der Waals surface area contributed by atoms with Crippen molar-refractivity contribution in [3.05, 3.63) is 0 Å². The largest absolute Gasteiger partial charge is 0.452 e. The molecular formula is C10H16O2. The first-order chi connectivity index (χ1) is 5.81. The van der Waals surface area contributed by atoms with Gasteiger partial charge < -0.3 is 4.74 Å². The molecule has 2 nitrogen and oxygen atoms in total. The van der Waals surface area contributed by atoms with E-state index in [-0.39, 0.29) is 12.6 Å². The maximum absolute atomic E-state index is 10.9. The number of hydrogen-bond acceptors (Lipinski definition) is 2. The Morgan fingerprint density at radius 3 is 2.75 bits per heavy atom. The Balaban J connectivity index is 3.25. The molecule has 0 aliphatic rings. The van der Waals surface area contributed by atoms with E-state index in [0.717, 1.165) is 19.3 Å². The van der Waals surface area contributed by atoms with E-state index >= 15 is 0 Å². The van der Waals surface area contributed by atoms with E-state index in [9.17, 15) is 4.79 Å². The third-order valence-corrected chi connectivity index (χ3v) is 1.47. The van der Waals surface area contributed by atoms with Gasteiger partial charge in [-0.25, -0.2) is 0 Å². The Labute approximate surface area is 74.3 Å². The van der Waals surface area contributed by atoms with Crippen LogP contribution in [0.1, 0.15) is 39.5 Å². The molecule has 12 heavy (non-hydrogen) atoms. The van der Waals surface area contributed by atoms with E-state index in [2.05, 4.69) is 18.8 Å². The molecule has 0 aliphatic carbocycles. The lowest BCUT2D eigenvalue weighted by Crippen LogP contribution is -2.03. The van der Waals surface area contributed by atoms with Gasteiger partial charge in [0.25, 0.3) is 0 Å². The van der Waals surface area contributed by atoms with Crippen molar-refractivity contribution in [2.45, 2.75) is 39.5 Å². The number of carbonyl (C=O) groups is 1. The minimum Gasteiger partial charge on any atom is -0.452 e. The van der Waals surface area contributed by atoms with Gasteiger partial charge in [0.15, 0.2) is 6.61 Å². The zero-order valence-electron chi connectivity index (χ0n) is 7.85. The van der Waals surface area contributed by atoms with Crippen LogP contribution in [0.2, 0.25) is 0 Å². The van der Waals surface area contributed by atoms with Crippen molar-refractivity contribution in [2.24, 2.45) is 0 Å². The molecule has 0 fully saturated rings. The number of carbonyl (C=O) groups excluding carboxylic acids is 1. The topological polar surface area (TPSA) is 26.3 Å². The van der Waals surface area contributed by atoms with Crippen LogP contribution in [-0.2, 0) is 9.53 Å². The van der Waals surface area contributed by atoms with Gasteiger partial charge in [0.1, 0.15) is 0 Å². The van der Waals surface area contributed by atoms with Crippen LogP contribution in [0.5, 0.6) is 0 Å². The first-order valence-corrected chi connectivity index (χ1v) is 4.36. The van der Waals surface area contributed by atoms with E-state index in [0.29, 0.717) is 6.42 Å². The van der Waals surface area contributed by atoms with Gasteiger partial charge in [0.05, 0.1) is 0 Å². The molecule has 0 radical (unpaired) electrons.